The van der Waals surface area contributed by atoms with Gasteiger partial charge in [0.1, 0.15) is 5.82 Å². The lowest BCUT2D eigenvalue weighted by Gasteiger charge is -2.37. The van der Waals surface area contributed by atoms with E-state index >= 15 is 0 Å². The summed E-state index contributed by atoms with van der Waals surface area (Å²) in [6, 6.07) is 18.9. The molecule has 0 bridgehead atoms. The SMILES string of the molecule is CC(C)N(C(=O)C(c1cccnc1)C(CC(=O)Nc1ccccn1)c1ccccc1)C(C)C. The minimum absolute atomic E-state index is 0.00695. The molecule has 0 fully saturated rings. The first kappa shape index (κ1) is 24.1. The number of hydrogen-bond acceptors (Lipinski definition) is 4. The third kappa shape index (κ3) is 6.25. The van der Waals surface area contributed by atoms with Crippen LogP contribution in [-0.2, 0) is 9.59 Å². The molecular weight excluding hydrogens is 412 g/mol. The van der Waals surface area contributed by atoms with Crippen molar-refractivity contribution >= 4 is 17.6 Å². The van der Waals surface area contributed by atoms with Crippen LogP contribution in [0.15, 0.2) is 79.3 Å². The lowest BCUT2D eigenvalue weighted by Crippen LogP contribution is -2.46. The molecule has 1 aromatic carbocycles. The number of nitrogens with one attached hydrogen (secondary N) is 1. The summed E-state index contributed by atoms with van der Waals surface area (Å²) < 4.78 is 0. The van der Waals surface area contributed by atoms with Crippen LogP contribution in [0.25, 0.3) is 0 Å². The molecule has 172 valence electrons. The van der Waals surface area contributed by atoms with Gasteiger partial charge in [-0.1, -0.05) is 42.5 Å². The van der Waals surface area contributed by atoms with Crippen molar-refractivity contribution in [3.63, 3.8) is 0 Å². The molecule has 3 aromatic rings. The number of carbonyl (C=O) groups excluding carboxylic acids is 2. The first-order chi connectivity index (χ1) is 15.9. The number of benzene rings is 1. The molecule has 0 aliphatic carbocycles. The Kier molecular flexibility index (Phi) is 8.30. The zero-order valence-corrected chi connectivity index (χ0v) is 19.7. The molecule has 0 aliphatic rings. The van der Waals surface area contributed by atoms with E-state index in [2.05, 4.69) is 15.3 Å². The van der Waals surface area contributed by atoms with Gasteiger partial charge in [-0.25, -0.2) is 4.98 Å². The van der Waals surface area contributed by atoms with Crippen LogP contribution in [0.2, 0.25) is 0 Å². The van der Waals surface area contributed by atoms with Crippen LogP contribution in [0, 0.1) is 0 Å². The third-order valence-corrected chi connectivity index (χ3v) is 5.64. The number of amides is 2. The quantitative estimate of drug-likeness (QED) is 0.503. The van der Waals surface area contributed by atoms with Crippen LogP contribution in [0.1, 0.15) is 57.1 Å². The highest BCUT2D eigenvalue weighted by Crippen LogP contribution is 2.38. The van der Waals surface area contributed by atoms with E-state index in [1.807, 2.05) is 81.1 Å². The maximum absolute atomic E-state index is 14.0. The molecule has 0 saturated heterocycles. The Morgan fingerprint density at radius 2 is 1.52 bits per heavy atom. The monoisotopic (exact) mass is 444 g/mol. The van der Waals surface area contributed by atoms with Gasteiger partial charge in [-0.3, -0.25) is 14.6 Å². The molecule has 2 unspecified atom stereocenters. The predicted molar refractivity (Wildman–Crippen MR) is 131 cm³/mol. The number of carbonyl (C=O) groups is 2. The van der Waals surface area contributed by atoms with Crippen molar-refractivity contribution in [3.8, 4) is 0 Å². The second-order valence-corrected chi connectivity index (χ2v) is 8.68. The summed E-state index contributed by atoms with van der Waals surface area (Å²) in [6.45, 7) is 8.07. The van der Waals surface area contributed by atoms with E-state index in [1.54, 1.807) is 30.7 Å². The average molecular weight is 445 g/mol. The topological polar surface area (TPSA) is 75.2 Å². The molecule has 2 heterocycles. The van der Waals surface area contributed by atoms with E-state index in [4.69, 9.17) is 0 Å². The van der Waals surface area contributed by atoms with Gasteiger partial charge in [0.15, 0.2) is 0 Å². The van der Waals surface area contributed by atoms with Gasteiger partial charge < -0.3 is 10.2 Å². The smallest absolute Gasteiger partial charge is 0.231 e. The van der Waals surface area contributed by atoms with Crippen molar-refractivity contribution in [3.05, 3.63) is 90.4 Å². The standard InChI is InChI=1S/C27H32N4O2/c1-19(2)31(20(3)4)27(33)26(22-13-10-15-28-18-22)23(21-11-6-5-7-12-21)17-25(32)30-24-14-8-9-16-29-24/h5-16,18-20,23,26H,17H2,1-4H3,(H,29,30,32). The molecule has 2 amide bonds. The van der Waals surface area contributed by atoms with Gasteiger partial charge >= 0.3 is 0 Å². The van der Waals surface area contributed by atoms with Gasteiger partial charge in [0.2, 0.25) is 11.8 Å². The Morgan fingerprint density at radius 3 is 2.09 bits per heavy atom. The summed E-state index contributed by atoms with van der Waals surface area (Å²) in [6.07, 6.45) is 5.19. The third-order valence-electron chi connectivity index (χ3n) is 5.64. The molecule has 6 heteroatoms. The molecule has 2 aromatic heterocycles. The molecule has 0 aliphatic heterocycles. The van der Waals surface area contributed by atoms with Crippen LogP contribution in [0.3, 0.4) is 0 Å². The highest BCUT2D eigenvalue weighted by molar-refractivity contribution is 5.92. The molecule has 2 atom stereocenters. The van der Waals surface area contributed by atoms with E-state index in [-0.39, 0.29) is 36.2 Å². The lowest BCUT2D eigenvalue weighted by molar-refractivity contribution is -0.137. The molecule has 0 saturated carbocycles. The lowest BCUT2D eigenvalue weighted by atomic mass is 9.78. The van der Waals surface area contributed by atoms with Crippen molar-refractivity contribution in [1.82, 2.24) is 14.9 Å². The van der Waals surface area contributed by atoms with Crippen LogP contribution in [-0.4, -0.2) is 38.8 Å². The van der Waals surface area contributed by atoms with Gasteiger partial charge in [0.25, 0.3) is 0 Å². The summed E-state index contributed by atoms with van der Waals surface area (Å²) in [5, 5.41) is 2.87. The van der Waals surface area contributed by atoms with E-state index < -0.39 is 5.92 Å². The normalized spacial score (nSPS) is 12.9. The van der Waals surface area contributed by atoms with Crippen molar-refractivity contribution in [2.24, 2.45) is 0 Å². The average Bonchev–Trinajstić information content (AvgIpc) is 2.80. The number of hydrogen-bond donors (Lipinski definition) is 1. The molecule has 6 nitrogen and oxygen atoms in total. The first-order valence-electron chi connectivity index (χ1n) is 11.4. The van der Waals surface area contributed by atoms with Gasteiger partial charge in [-0.2, -0.15) is 0 Å². The summed E-state index contributed by atoms with van der Waals surface area (Å²) in [7, 11) is 0. The predicted octanol–water partition coefficient (Wildman–Crippen LogP) is 5.02. The Labute approximate surface area is 196 Å². The number of anilines is 1. The summed E-state index contributed by atoms with van der Waals surface area (Å²) in [5.41, 5.74) is 1.73. The largest absolute Gasteiger partial charge is 0.337 e. The van der Waals surface area contributed by atoms with E-state index in [1.165, 1.54) is 0 Å². The first-order valence-corrected chi connectivity index (χ1v) is 11.4. The van der Waals surface area contributed by atoms with Gasteiger partial charge in [-0.05, 0) is 57.0 Å². The van der Waals surface area contributed by atoms with Crippen LogP contribution >= 0.6 is 0 Å². The minimum Gasteiger partial charge on any atom is -0.337 e. The maximum Gasteiger partial charge on any atom is 0.231 e. The zero-order chi connectivity index (χ0) is 23.8. The fourth-order valence-electron chi connectivity index (χ4n) is 4.33. The van der Waals surface area contributed by atoms with Crippen molar-refractivity contribution < 1.29 is 9.59 Å². The van der Waals surface area contributed by atoms with Crippen LogP contribution in [0.4, 0.5) is 5.82 Å². The van der Waals surface area contributed by atoms with E-state index in [9.17, 15) is 9.59 Å². The highest BCUT2D eigenvalue weighted by Gasteiger charge is 2.37. The fourth-order valence-corrected chi connectivity index (χ4v) is 4.33. The van der Waals surface area contributed by atoms with Crippen molar-refractivity contribution in [2.45, 2.75) is 58.0 Å². The minimum atomic E-state index is -0.555. The molecular formula is C27H32N4O2. The Morgan fingerprint density at radius 1 is 0.848 bits per heavy atom. The van der Waals surface area contributed by atoms with Gasteiger partial charge in [-0.15, -0.1) is 0 Å². The number of nitrogens with zero attached hydrogens (tertiary/aromatic N) is 3. The summed E-state index contributed by atoms with van der Waals surface area (Å²) >= 11 is 0. The molecule has 0 spiro atoms. The maximum atomic E-state index is 14.0. The highest BCUT2D eigenvalue weighted by atomic mass is 16.2. The number of pyridine rings is 2. The molecule has 1 N–H and O–H groups in total. The molecule has 3 rings (SSSR count). The van der Waals surface area contributed by atoms with Crippen molar-refractivity contribution in [1.29, 1.82) is 0 Å². The van der Waals surface area contributed by atoms with Gasteiger partial charge in [0, 0.05) is 43.0 Å². The summed E-state index contributed by atoms with van der Waals surface area (Å²) in [5.74, 6) is -0.631. The van der Waals surface area contributed by atoms with Gasteiger partial charge in [0.05, 0.1) is 5.92 Å². The second-order valence-electron chi connectivity index (χ2n) is 8.68. The van der Waals surface area contributed by atoms with Crippen molar-refractivity contribution in [2.75, 3.05) is 5.32 Å². The van der Waals surface area contributed by atoms with E-state index in [0.29, 0.717) is 5.82 Å². The molecule has 0 radical (unpaired) electrons. The zero-order valence-electron chi connectivity index (χ0n) is 19.7. The Hall–Kier alpha value is -3.54. The van der Waals surface area contributed by atoms with E-state index in [0.717, 1.165) is 11.1 Å². The van der Waals surface area contributed by atoms with Crippen LogP contribution in [0.5, 0.6) is 0 Å². The number of aromatic nitrogens is 2. The molecule has 33 heavy (non-hydrogen) atoms. The summed E-state index contributed by atoms with van der Waals surface area (Å²) in [4.78, 5) is 37.5. The number of rotatable bonds is 9. The second kappa shape index (κ2) is 11.4. The Bertz CT molecular complexity index is 1020. The fraction of sp³-hybridized carbons (Fsp3) is 0.333. The Balaban J connectivity index is 2.04. The van der Waals surface area contributed by atoms with Crippen LogP contribution < -0.4 is 5.32 Å².